The van der Waals surface area contributed by atoms with E-state index in [1.54, 1.807) is 42.5 Å². The van der Waals surface area contributed by atoms with Crippen molar-refractivity contribution in [3.8, 4) is 17.6 Å². The Balaban J connectivity index is 2.10. The smallest absolute Gasteiger partial charge is 0.264 e. The molecule has 1 atom stereocenters. The van der Waals surface area contributed by atoms with Gasteiger partial charge in [-0.1, -0.05) is 12.1 Å². The van der Waals surface area contributed by atoms with Gasteiger partial charge in [0.25, 0.3) is 10.0 Å². The SMILES string of the molecule is COc1ccc(OC)c([C@H]2C(C#N)=C(N)OC3=C2S(=O)(=O)N(C)c2ccccc23)c1. The van der Waals surface area contributed by atoms with Gasteiger partial charge >= 0.3 is 0 Å². The zero-order valence-corrected chi connectivity index (χ0v) is 17.4. The van der Waals surface area contributed by atoms with Crippen molar-refractivity contribution in [1.82, 2.24) is 0 Å². The maximum atomic E-state index is 13.6. The first-order chi connectivity index (χ1) is 14.3. The number of para-hydroxylation sites is 1. The van der Waals surface area contributed by atoms with Crippen LogP contribution in [0.4, 0.5) is 5.69 Å². The Kier molecular flexibility index (Phi) is 4.59. The first kappa shape index (κ1) is 19.7. The Morgan fingerprint density at radius 3 is 2.57 bits per heavy atom. The lowest BCUT2D eigenvalue weighted by molar-refractivity contribution is 0.355. The molecule has 0 bridgehead atoms. The molecule has 0 amide bonds. The zero-order valence-electron chi connectivity index (χ0n) is 16.5. The molecule has 154 valence electrons. The summed E-state index contributed by atoms with van der Waals surface area (Å²) < 4.78 is 44.8. The summed E-state index contributed by atoms with van der Waals surface area (Å²) >= 11 is 0. The maximum absolute atomic E-state index is 13.6. The first-order valence-corrected chi connectivity index (χ1v) is 10.4. The van der Waals surface area contributed by atoms with Crippen LogP contribution in [0.1, 0.15) is 17.0 Å². The summed E-state index contributed by atoms with van der Waals surface area (Å²) in [4.78, 5) is -0.0685. The molecule has 0 radical (unpaired) electrons. The van der Waals surface area contributed by atoms with Crippen molar-refractivity contribution < 1.29 is 22.6 Å². The van der Waals surface area contributed by atoms with Gasteiger partial charge in [0.15, 0.2) is 5.76 Å². The molecule has 0 spiro atoms. The average molecular weight is 425 g/mol. The maximum Gasteiger partial charge on any atom is 0.264 e. The number of fused-ring (bicyclic) bond motifs is 2. The molecule has 2 aromatic carbocycles. The summed E-state index contributed by atoms with van der Waals surface area (Å²) in [5.74, 6) is -0.190. The van der Waals surface area contributed by atoms with Gasteiger partial charge in [-0.05, 0) is 30.3 Å². The molecule has 30 heavy (non-hydrogen) atoms. The van der Waals surface area contributed by atoms with Crippen LogP contribution >= 0.6 is 0 Å². The van der Waals surface area contributed by atoms with Crippen molar-refractivity contribution >= 4 is 21.5 Å². The Morgan fingerprint density at radius 2 is 1.90 bits per heavy atom. The fourth-order valence-electron chi connectivity index (χ4n) is 3.77. The predicted molar refractivity (Wildman–Crippen MR) is 111 cm³/mol. The Hall–Kier alpha value is -3.64. The number of rotatable bonds is 3. The van der Waals surface area contributed by atoms with E-state index in [0.29, 0.717) is 28.3 Å². The topological polar surface area (TPSA) is 115 Å². The highest BCUT2D eigenvalue weighted by Gasteiger charge is 2.47. The van der Waals surface area contributed by atoms with E-state index in [2.05, 4.69) is 0 Å². The van der Waals surface area contributed by atoms with Crippen LogP contribution in [0.3, 0.4) is 0 Å². The van der Waals surface area contributed by atoms with Crippen LogP contribution in [0.2, 0.25) is 0 Å². The van der Waals surface area contributed by atoms with Crippen molar-refractivity contribution in [2.45, 2.75) is 5.92 Å². The summed E-state index contributed by atoms with van der Waals surface area (Å²) in [7, 11) is 0.396. The molecule has 0 aliphatic carbocycles. The monoisotopic (exact) mass is 425 g/mol. The number of methoxy groups -OCH3 is 2. The number of sulfonamides is 1. The highest BCUT2D eigenvalue weighted by atomic mass is 32.2. The normalized spacial score (nSPS) is 19.4. The van der Waals surface area contributed by atoms with E-state index in [0.717, 1.165) is 0 Å². The van der Waals surface area contributed by atoms with Crippen LogP contribution in [0, 0.1) is 11.3 Å². The largest absolute Gasteiger partial charge is 0.497 e. The van der Waals surface area contributed by atoms with Gasteiger partial charge in [0, 0.05) is 18.2 Å². The molecule has 2 aliphatic rings. The van der Waals surface area contributed by atoms with E-state index in [4.69, 9.17) is 19.9 Å². The van der Waals surface area contributed by atoms with Gasteiger partial charge in [-0.2, -0.15) is 5.26 Å². The van der Waals surface area contributed by atoms with Gasteiger partial charge < -0.3 is 19.9 Å². The second kappa shape index (κ2) is 7.00. The summed E-state index contributed by atoms with van der Waals surface area (Å²) in [6.45, 7) is 0. The molecule has 9 heteroatoms. The molecule has 0 fully saturated rings. The fourth-order valence-corrected chi connectivity index (χ4v) is 5.41. The molecule has 0 unspecified atom stereocenters. The summed E-state index contributed by atoms with van der Waals surface area (Å²) in [5, 5.41) is 9.83. The second-order valence-electron chi connectivity index (χ2n) is 6.72. The number of nitrogens with zero attached hydrogens (tertiary/aromatic N) is 2. The molecule has 0 saturated carbocycles. The van der Waals surface area contributed by atoms with Crippen LogP contribution in [0.15, 0.2) is 58.8 Å². The van der Waals surface area contributed by atoms with Gasteiger partial charge in [-0.15, -0.1) is 0 Å². The number of ether oxygens (including phenoxy) is 3. The van der Waals surface area contributed by atoms with E-state index in [1.807, 2.05) is 6.07 Å². The standard InChI is InChI=1S/C21H19N3O5S/c1-24-16-7-5-4-6-13(16)19-20(30(24,25)26)18(15(11-22)21(23)29-19)14-10-12(27-2)8-9-17(14)28-3/h4-10,18H,23H2,1-3H3/t18-/m0/s1. The minimum absolute atomic E-state index is 0.0170. The molecule has 8 nitrogen and oxygen atoms in total. The molecule has 0 aromatic heterocycles. The van der Waals surface area contributed by atoms with Crippen LogP contribution in [-0.4, -0.2) is 29.7 Å². The van der Waals surface area contributed by atoms with Gasteiger partial charge in [-0.3, -0.25) is 4.31 Å². The van der Waals surface area contributed by atoms with Crippen LogP contribution in [0.25, 0.3) is 5.76 Å². The van der Waals surface area contributed by atoms with Crippen LogP contribution in [0.5, 0.6) is 11.5 Å². The molecular weight excluding hydrogens is 406 g/mol. The van der Waals surface area contributed by atoms with E-state index < -0.39 is 15.9 Å². The highest BCUT2D eigenvalue weighted by molar-refractivity contribution is 7.96. The number of benzene rings is 2. The van der Waals surface area contributed by atoms with E-state index in [9.17, 15) is 13.7 Å². The Labute approximate surface area is 174 Å². The lowest BCUT2D eigenvalue weighted by Gasteiger charge is -2.36. The molecule has 0 saturated heterocycles. The molecule has 2 aromatic rings. The quantitative estimate of drug-likeness (QED) is 0.804. The lowest BCUT2D eigenvalue weighted by atomic mass is 9.87. The predicted octanol–water partition coefficient (Wildman–Crippen LogP) is 2.66. The van der Waals surface area contributed by atoms with Gasteiger partial charge in [-0.25, -0.2) is 8.42 Å². The lowest BCUT2D eigenvalue weighted by Crippen LogP contribution is -2.37. The first-order valence-electron chi connectivity index (χ1n) is 8.97. The minimum Gasteiger partial charge on any atom is -0.497 e. The van der Waals surface area contributed by atoms with Crippen LogP contribution in [-0.2, 0) is 14.8 Å². The minimum atomic E-state index is -4.03. The van der Waals surface area contributed by atoms with Crippen molar-refractivity contribution in [2.75, 3.05) is 25.6 Å². The number of hydrogen-bond acceptors (Lipinski definition) is 7. The summed E-state index contributed by atoms with van der Waals surface area (Å²) in [5.41, 5.74) is 7.53. The van der Waals surface area contributed by atoms with Crippen LogP contribution < -0.4 is 19.5 Å². The van der Waals surface area contributed by atoms with Crippen molar-refractivity contribution in [1.29, 1.82) is 5.26 Å². The third kappa shape index (κ3) is 2.69. The second-order valence-corrected chi connectivity index (χ2v) is 8.65. The third-order valence-electron chi connectivity index (χ3n) is 5.25. The van der Waals surface area contributed by atoms with Gasteiger partial charge in [0.1, 0.15) is 28.0 Å². The third-order valence-corrected chi connectivity index (χ3v) is 7.14. The van der Waals surface area contributed by atoms with Gasteiger partial charge in [0.2, 0.25) is 5.88 Å². The number of nitriles is 1. The molecule has 2 heterocycles. The Bertz CT molecular complexity index is 1260. The van der Waals surface area contributed by atoms with E-state index in [1.165, 1.54) is 25.6 Å². The Morgan fingerprint density at radius 1 is 1.17 bits per heavy atom. The number of nitrogens with two attached hydrogens (primary N) is 1. The highest BCUT2D eigenvalue weighted by Crippen LogP contribution is 2.52. The average Bonchev–Trinajstić information content (AvgIpc) is 2.76. The fraction of sp³-hybridized carbons (Fsp3) is 0.190. The molecule has 2 N–H and O–H groups in total. The summed E-state index contributed by atoms with van der Waals surface area (Å²) in [6, 6.07) is 13.9. The number of hydrogen-bond donors (Lipinski definition) is 1. The molecule has 4 rings (SSSR count). The summed E-state index contributed by atoms with van der Waals surface area (Å²) in [6.07, 6.45) is 0. The number of allylic oxidation sites excluding steroid dienone is 2. The molecular formula is C21H19N3O5S. The van der Waals surface area contributed by atoms with Gasteiger partial charge in [0.05, 0.1) is 25.8 Å². The van der Waals surface area contributed by atoms with E-state index >= 15 is 0 Å². The molecule has 2 aliphatic heterocycles. The number of anilines is 1. The van der Waals surface area contributed by atoms with Crippen molar-refractivity contribution in [3.63, 3.8) is 0 Å². The van der Waals surface area contributed by atoms with Crippen molar-refractivity contribution in [2.24, 2.45) is 5.73 Å². The van der Waals surface area contributed by atoms with E-state index in [-0.39, 0.29) is 22.1 Å². The zero-order chi connectivity index (χ0) is 21.6. The van der Waals surface area contributed by atoms with Crippen molar-refractivity contribution in [3.05, 3.63) is 70.0 Å².